The van der Waals surface area contributed by atoms with E-state index in [9.17, 15) is 22.0 Å². The molecule has 1 amide bonds. The van der Waals surface area contributed by atoms with E-state index in [0.717, 1.165) is 29.0 Å². The van der Waals surface area contributed by atoms with Gasteiger partial charge in [-0.3, -0.25) is 9.36 Å². The molecule has 1 atom stereocenters. The van der Waals surface area contributed by atoms with E-state index in [2.05, 4.69) is 5.16 Å². The Bertz CT molecular complexity index is 1910. The summed E-state index contributed by atoms with van der Waals surface area (Å²) >= 11 is 0. The van der Waals surface area contributed by atoms with Gasteiger partial charge < -0.3 is 9.42 Å². The molecule has 3 heterocycles. The Hall–Kier alpha value is -4.42. The van der Waals surface area contributed by atoms with Crippen LogP contribution in [-0.4, -0.2) is 29.0 Å². The maximum Gasteiger partial charge on any atom is 0.238 e. The summed E-state index contributed by atoms with van der Waals surface area (Å²) in [7, 11) is -3.92. The van der Waals surface area contributed by atoms with E-state index in [-0.39, 0.29) is 22.9 Å². The monoisotopic (exact) mass is 577 g/mol. The third kappa shape index (κ3) is 4.68. The summed E-state index contributed by atoms with van der Waals surface area (Å²) in [6, 6.07) is 14.5. The molecular weight excluding hydrogens is 552 g/mol. The molecule has 0 spiro atoms. The van der Waals surface area contributed by atoms with Gasteiger partial charge in [0.1, 0.15) is 11.6 Å². The van der Waals surface area contributed by atoms with Crippen LogP contribution in [-0.2, 0) is 14.8 Å². The van der Waals surface area contributed by atoms with E-state index in [1.165, 1.54) is 23.1 Å². The van der Waals surface area contributed by atoms with E-state index in [1.54, 1.807) is 12.1 Å². The van der Waals surface area contributed by atoms with Crippen molar-refractivity contribution in [2.75, 3.05) is 4.90 Å². The highest BCUT2D eigenvalue weighted by Gasteiger charge is 2.35. The van der Waals surface area contributed by atoms with E-state index < -0.39 is 27.7 Å². The predicted molar refractivity (Wildman–Crippen MR) is 148 cm³/mol. The molecule has 1 aliphatic rings. The fourth-order valence-corrected chi connectivity index (χ4v) is 6.02. The number of anilines is 1. The fourth-order valence-electron chi connectivity index (χ4n) is 5.50. The van der Waals surface area contributed by atoms with Crippen molar-refractivity contribution in [3.8, 4) is 16.8 Å². The lowest BCUT2D eigenvalue weighted by atomic mass is 9.99. The number of aromatic nitrogens is 3. The van der Waals surface area contributed by atoms with Gasteiger partial charge in [0.2, 0.25) is 15.9 Å². The number of carbonyl (C=O) groups excluding carboxylic acids is 1. The quantitative estimate of drug-likeness (QED) is 0.295. The Morgan fingerprint density at radius 2 is 1.71 bits per heavy atom. The third-order valence-corrected chi connectivity index (χ3v) is 8.28. The molecular formula is C29H25F2N5O4S. The molecule has 1 saturated heterocycles. The van der Waals surface area contributed by atoms with Crippen molar-refractivity contribution in [1.29, 1.82) is 0 Å². The molecule has 0 radical (unpaired) electrons. The van der Waals surface area contributed by atoms with Crippen molar-refractivity contribution >= 4 is 32.7 Å². The van der Waals surface area contributed by atoms with Crippen LogP contribution in [0.3, 0.4) is 0 Å². The summed E-state index contributed by atoms with van der Waals surface area (Å²) in [5, 5.41) is 9.36. The van der Waals surface area contributed by atoms with Crippen molar-refractivity contribution in [2.45, 2.75) is 44.0 Å². The Morgan fingerprint density at radius 1 is 0.976 bits per heavy atom. The highest BCUT2D eigenvalue weighted by Crippen LogP contribution is 2.39. The zero-order valence-corrected chi connectivity index (χ0v) is 23.0. The first kappa shape index (κ1) is 26.8. The molecule has 2 aromatic heterocycles. The average molecular weight is 578 g/mol. The average Bonchev–Trinajstić information content (AvgIpc) is 3.48. The second-order valence-electron chi connectivity index (χ2n) is 10.0. The molecule has 1 aliphatic heterocycles. The summed E-state index contributed by atoms with van der Waals surface area (Å²) in [5.41, 5.74) is 4.52. The van der Waals surface area contributed by atoms with Crippen LogP contribution in [0.25, 0.3) is 27.8 Å². The molecule has 9 nitrogen and oxygen atoms in total. The molecule has 0 saturated carbocycles. The largest absolute Gasteiger partial charge is 0.361 e. The van der Waals surface area contributed by atoms with Gasteiger partial charge >= 0.3 is 0 Å². The van der Waals surface area contributed by atoms with E-state index >= 15 is 0 Å². The molecule has 3 aromatic carbocycles. The summed E-state index contributed by atoms with van der Waals surface area (Å²) in [5.74, 6) is -1.18. The molecule has 0 unspecified atom stereocenters. The predicted octanol–water partition coefficient (Wildman–Crippen LogP) is 5.48. The smallest absolute Gasteiger partial charge is 0.238 e. The van der Waals surface area contributed by atoms with Crippen molar-refractivity contribution in [1.82, 2.24) is 14.7 Å². The van der Waals surface area contributed by atoms with Crippen LogP contribution < -0.4 is 10.0 Å². The zero-order valence-electron chi connectivity index (χ0n) is 22.1. The minimum atomic E-state index is -3.92. The lowest BCUT2D eigenvalue weighted by molar-refractivity contribution is -0.120. The number of halogens is 2. The van der Waals surface area contributed by atoms with Gasteiger partial charge in [-0.1, -0.05) is 11.2 Å². The molecule has 2 N–H and O–H groups in total. The van der Waals surface area contributed by atoms with Gasteiger partial charge in [-0.05, 0) is 80.8 Å². The normalized spacial score (nSPS) is 16.1. The van der Waals surface area contributed by atoms with E-state index in [1.807, 2.05) is 36.6 Å². The molecule has 5 aromatic rings. The Kier molecular flexibility index (Phi) is 6.46. The molecule has 1 fully saturated rings. The molecule has 41 heavy (non-hydrogen) atoms. The number of fused-ring (bicyclic) bond motifs is 1. The Labute approximate surface area is 234 Å². The summed E-state index contributed by atoms with van der Waals surface area (Å²) in [6.45, 7) is 3.67. The van der Waals surface area contributed by atoms with Crippen molar-refractivity contribution in [3.05, 3.63) is 89.6 Å². The van der Waals surface area contributed by atoms with Gasteiger partial charge in [-0.2, -0.15) is 0 Å². The van der Waals surface area contributed by atoms with Gasteiger partial charge in [0, 0.05) is 29.4 Å². The minimum absolute atomic E-state index is 0.0517. The van der Waals surface area contributed by atoms with Crippen LogP contribution >= 0.6 is 0 Å². The molecule has 210 valence electrons. The van der Waals surface area contributed by atoms with Gasteiger partial charge in [0.05, 0.1) is 27.7 Å². The van der Waals surface area contributed by atoms with Crippen LogP contribution in [0, 0.1) is 25.5 Å². The number of carbonyl (C=O) groups is 1. The number of rotatable bonds is 5. The topological polar surface area (TPSA) is 124 Å². The first-order valence-corrected chi connectivity index (χ1v) is 14.4. The second-order valence-corrected chi connectivity index (χ2v) is 11.6. The highest BCUT2D eigenvalue weighted by atomic mass is 32.2. The first-order valence-electron chi connectivity index (χ1n) is 12.9. The van der Waals surface area contributed by atoms with Gasteiger partial charge in [0.15, 0.2) is 11.6 Å². The summed E-state index contributed by atoms with van der Waals surface area (Å²) in [4.78, 5) is 19.6. The van der Waals surface area contributed by atoms with E-state index in [0.29, 0.717) is 41.1 Å². The van der Waals surface area contributed by atoms with Crippen LogP contribution in [0.2, 0.25) is 0 Å². The van der Waals surface area contributed by atoms with Crippen LogP contribution in [0.5, 0.6) is 0 Å². The van der Waals surface area contributed by atoms with E-state index in [4.69, 9.17) is 14.6 Å². The molecule has 0 bridgehead atoms. The van der Waals surface area contributed by atoms with Crippen molar-refractivity contribution in [3.63, 3.8) is 0 Å². The zero-order chi connectivity index (χ0) is 29.1. The summed E-state index contributed by atoms with van der Waals surface area (Å²) < 4.78 is 59.0. The Balaban J connectivity index is 1.57. The number of imidazole rings is 1. The second kappa shape index (κ2) is 9.89. The first-order chi connectivity index (χ1) is 19.5. The maximum atomic E-state index is 14.3. The fraction of sp³-hybridized carbons (Fsp3) is 0.207. The van der Waals surface area contributed by atoms with Gasteiger partial charge in [-0.25, -0.2) is 27.3 Å². The number of benzene rings is 3. The number of sulfonamides is 1. The standard InChI is InChI=1S/C29H25F2N5O4S/c1-16-28(17(2)40-34-16)18-6-13-25-24(14-18)33-29(36(25)19-7-10-21(11-8-19)41(32,38)39)26-4-3-5-27(37)35(26)20-9-12-22(30)23(31)15-20/h6-15,26H,3-5H2,1-2H3,(H2,32,38,39)/t26-/m0/s1. The Morgan fingerprint density at radius 3 is 2.37 bits per heavy atom. The maximum absolute atomic E-state index is 14.3. The van der Waals surface area contributed by atoms with Crippen LogP contribution in [0.4, 0.5) is 14.5 Å². The number of hydrogen-bond acceptors (Lipinski definition) is 6. The molecule has 12 heteroatoms. The number of aryl methyl sites for hydroxylation is 2. The SMILES string of the molecule is Cc1noc(C)c1-c1ccc2c(c1)nc([C@@H]1CCCC(=O)N1c1ccc(F)c(F)c1)n2-c1ccc(S(N)(=O)=O)cc1. The van der Waals surface area contributed by atoms with Crippen molar-refractivity contribution in [2.24, 2.45) is 5.14 Å². The highest BCUT2D eigenvalue weighted by molar-refractivity contribution is 7.89. The number of primary sulfonamides is 1. The summed E-state index contributed by atoms with van der Waals surface area (Å²) in [6.07, 6.45) is 1.33. The number of nitrogens with two attached hydrogens (primary N) is 1. The third-order valence-electron chi connectivity index (χ3n) is 7.35. The minimum Gasteiger partial charge on any atom is -0.361 e. The molecule has 6 rings (SSSR count). The lowest BCUT2D eigenvalue weighted by Gasteiger charge is -2.35. The van der Waals surface area contributed by atoms with Gasteiger partial charge in [0.25, 0.3) is 0 Å². The number of amides is 1. The van der Waals surface area contributed by atoms with Crippen LogP contribution in [0.1, 0.15) is 42.6 Å². The van der Waals surface area contributed by atoms with Gasteiger partial charge in [-0.15, -0.1) is 0 Å². The van der Waals surface area contributed by atoms with Crippen LogP contribution in [0.15, 0.2) is 70.1 Å². The number of nitrogens with zero attached hydrogens (tertiary/aromatic N) is 4. The van der Waals surface area contributed by atoms with Crippen molar-refractivity contribution < 1.29 is 26.5 Å². The molecule has 0 aliphatic carbocycles. The number of hydrogen-bond donors (Lipinski definition) is 1. The number of piperidine rings is 1. The lowest BCUT2D eigenvalue weighted by Crippen LogP contribution is -2.39.